The second kappa shape index (κ2) is 16.3. The summed E-state index contributed by atoms with van der Waals surface area (Å²) in [5.41, 5.74) is 4.69. The molecule has 17 heteroatoms. The summed E-state index contributed by atoms with van der Waals surface area (Å²) in [5.74, 6) is 3.66. The zero-order chi connectivity index (χ0) is 33.2. The number of aliphatic imine (C=N–C) groups is 6. The zero-order valence-electron chi connectivity index (χ0n) is 28.2. The summed E-state index contributed by atoms with van der Waals surface area (Å²) in [7, 11) is 0. The van der Waals surface area contributed by atoms with Crippen molar-refractivity contribution in [1.29, 1.82) is 0 Å². The Hall–Kier alpha value is -4.64. The van der Waals surface area contributed by atoms with Crippen LogP contribution in [0.2, 0.25) is 0 Å². The van der Waals surface area contributed by atoms with Gasteiger partial charge in [0.25, 0.3) is 0 Å². The van der Waals surface area contributed by atoms with Crippen molar-refractivity contribution >= 4 is 34.3 Å². The molecule has 250 valence electrons. The Bertz CT molecular complexity index is 1370. The van der Waals surface area contributed by atoms with Crippen molar-refractivity contribution in [2.24, 2.45) is 30.0 Å². The number of fused-ring (bicyclic) bond motifs is 12. The van der Waals surface area contributed by atoms with E-state index in [1.807, 2.05) is 41.5 Å². The normalized spacial score (nSPS) is 21.6. The third-order valence-corrected chi connectivity index (χ3v) is 8.05. The summed E-state index contributed by atoms with van der Waals surface area (Å²) in [5, 5.41) is 22.3. The first-order chi connectivity index (χ1) is 22.8. The van der Waals surface area contributed by atoms with Gasteiger partial charge in [-0.05, 0) is 41.5 Å². The summed E-state index contributed by atoms with van der Waals surface area (Å²) in [6.45, 7) is 19.5. The van der Waals surface area contributed by atoms with Crippen molar-refractivity contribution in [2.75, 3.05) is 78.5 Å². The van der Waals surface area contributed by atoms with E-state index < -0.39 is 0 Å². The lowest BCUT2D eigenvalue weighted by Crippen LogP contribution is -2.32. The second-order valence-corrected chi connectivity index (χ2v) is 11.5. The minimum atomic E-state index is 0.574. The van der Waals surface area contributed by atoms with Crippen molar-refractivity contribution in [3.63, 3.8) is 0 Å². The topological polar surface area (TPSA) is 205 Å². The monoisotopic (exact) mass is 643 g/mol. The molecule has 17 nitrogen and oxygen atoms in total. The van der Waals surface area contributed by atoms with Crippen molar-refractivity contribution < 1.29 is 0 Å². The molecule has 0 saturated heterocycles. The fourth-order valence-corrected chi connectivity index (χ4v) is 5.02. The highest BCUT2D eigenvalue weighted by molar-refractivity contribution is 6.00. The van der Waals surface area contributed by atoms with E-state index in [9.17, 15) is 0 Å². The van der Waals surface area contributed by atoms with E-state index in [1.54, 1.807) is 0 Å². The van der Waals surface area contributed by atoms with E-state index in [4.69, 9.17) is 30.0 Å². The summed E-state index contributed by atoms with van der Waals surface area (Å²) >= 11 is 0. The van der Waals surface area contributed by atoms with Gasteiger partial charge >= 0.3 is 0 Å². The first kappa shape index (κ1) is 33.7. The number of aromatic nitrogens is 9. The van der Waals surface area contributed by atoms with Crippen LogP contribution in [0.15, 0.2) is 30.0 Å². The second-order valence-electron chi connectivity index (χ2n) is 11.5. The summed E-state index contributed by atoms with van der Waals surface area (Å²) in [6, 6.07) is 0. The van der Waals surface area contributed by atoms with Crippen LogP contribution in [-0.2, 0) is 0 Å². The maximum atomic E-state index is 4.80. The first-order valence-electron chi connectivity index (χ1n) is 16.1. The molecule has 6 rings (SSSR count). The van der Waals surface area contributed by atoms with Gasteiger partial charge in [-0.25, -0.2) is 15.0 Å². The number of hydrogen-bond acceptors (Lipinski definition) is 14. The van der Waals surface area contributed by atoms with Crippen LogP contribution in [0.1, 0.15) is 76.5 Å². The first-order valence-corrected chi connectivity index (χ1v) is 16.1. The highest BCUT2D eigenvalue weighted by Crippen LogP contribution is 2.04. The number of nitrogens with zero attached hydrogens (tertiary/aromatic N) is 14. The molecule has 6 heterocycles. The molecule has 0 aromatic carbocycles. The lowest BCUT2D eigenvalue weighted by atomic mass is 10.3. The smallest absolute Gasteiger partial charge is 0.195 e. The third-order valence-electron chi connectivity index (χ3n) is 8.05. The van der Waals surface area contributed by atoms with Gasteiger partial charge in [0.15, 0.2) is 34.9 Å². The van der Waals surface area contributed by atoms with Gasteiger partial charge < -0.3 is 0 Å². The molecule has 8 bridgehead atoms. The SMILES string of the molecule is CC1=NCCN2CCN=C(C)c3n[nH]c(n3)C(C)=NCCN(CCN=C(C)c3nc1n[nH]3)CCN=C(C)c1nc(n[nH]1)C(C)=NCC2. The van der Waals surface area contributed by atoms with Crippen molar-refractivity contribution in [3.05, 3.63) is 34.9 Å². The molecule has 0 aliphatic carbocycles. The maximum Gasteiger partial charge on any atom is 0.195 e. The van der Waals surface area contributed by atoms with E-state index in [0.717, 1.165) is 73.5 Å². The number of H-pyrrole nitrogens is 3. The van der Waals surface area contributed by atoms with Gasteiger partial charge in [-0.3, -0.25) is 55.1 Å². The van der Waals surface area contributed by atoms with Crippen LogP contribution in [0.4, 0.5) is 0 Å². The molecule has 47 heavy (non-hydrogen) atoms. The van der Waals surface area contributed by atoms with Gasteiger partial charge in [-0.1, -0.05) is 0 Å². The molecule has 3 aromatic heterocycles. The van der Waals surface area contributed by atoms with Crippen LogP contribution >= 0.6 is 0 Å². The average molecular weight is 644 g/mol. The average Bonchev–Trinajstić information content (AvgIpc) is 3.85. The molecular weight excluding hydrogens is 598 g/mol. The number of nitrogens with one attached hydrogen (secondary N) is 3. The van der Waals surface area contributed by atoms with Gasteiger partial charge in [0.05, 0.1) is 73.5 Å². The van der Waals surface area contributed by atoms with Crippen molar-refractivity contribution in [2.45, 2.75) is 41.5 Å². The summed E-state index contributed by atoms with van der Waals surface area (Å²) in [6.07, 6.45) is 0. The Morgan fingerprint density at radius 1 is 0.362 bits per heavy atom. The third kappa shape index (κ3) is 9.45. The number of rotatable bonds is 0. The molecule has 0 atom stereocenters. The van der Waals surface area contributed by atoms with Crippen LogP contribution in [0.3, 0.4) is 0 Å². The fourth-order valence-electron chi connectivity index (χ4n) is 5.02. The molecule has 3 aliphatic rings. The Morgan fingerprint density at radius 2 is 0.596 bits per heavy atom. The minimum absolute atomic E-state index is 0.574. The fraction of sp³-hybridized carbons (Fsp3) is 0.600. The van der Waals surface area contributed by atoms with Crippen LogP contribution in [0.5, 0.6) is 0 Å². The van der Waals surface area contributed by atoms with Crippen LogP contribution in [0, 0.1) is 0 Å². The van der Waals surface area contributed by atoms with Crippen molar-refractivity contribution in [3.8, 4) is 0 Å². The van der Waals surface area contributed by atoms with E-state index in [0.29, 0.717) is 74.2 Å². The summed E-state index contributed by atoms with van der Waals surface area (Å²) < 4.78 is 0. The van der Waals surface area contributed by atoms with E-state index in [-0.39, 0.29) is 0 Å². The molecule has 0 radical (unpaired) electrons. The Morgan fingerprint density at radius 3 is 0.851 bits per heavy atom. The molecule has 0 amide bonds. The van der Waals surface area contributed by atoms with Gasteiger partial charge in [0.2, 0.25) is 0 Å². The van der Waals surface area contributed by atoms with E-state index >= 15 is 0 Å². The lowest BCUT2D eigenvalue weighted by molar-refractivity contribution is 0.298. The predicted octanol–water partition coefficient (Wildman–Crippen LogP) is 0.927. The van der Waals surface area contributed by atoms with Crippen LogP contribution in [-0.4, -0.2) is 168 Å². The van der Waals surface area contributed by atoms with Crippen LogP contribution < -0.4 is 0 Å². The van der Waals surface area contributed by atoms with E-state index in [2.05, 4.69) is 55.3 Å². The largest absolute Gasteiger partial charge is 0.298 e. The molecule has 3 aromatic rings. The van der Waals surface area contributed by atoms with Gasteiger partial charge in [-0.2, -0.15) is 15.3 Å². The molecule has 0 saturated carbocycles. The molecule has 3 aliphatic heterocycles. The quantitative estimate of drug-likeness (QED) is 0.320. The summed E-state index contributed by atoms with van der Waals surface area (Å²) in [4.78, 5) is 47.4. The highest BCUT2D eigenvalue weighted by atomic mass is 15.3. The van der Waals surface area contributed by atoms with Gasteiger partial charge in [0, 0.05) is 39.3 Å². The molecule has 0 unspecified atom stereocenters. The van der Waals surface area contributed by atoms with Gasteiger partial charge in [-0.15, -0.1) is 0 Å². The number of hydrogen-bond donors (Lipinski definition) is 3. The highest BCUT2D eigenvalue weighted by Gasteiger charge is 2.14. The Kier molecular flexibility index (Phi) is 11.7. The Balaban J connectivity index is 1.49. The molecular formula is C30H45N17. The molecule has 0 spiro atoms. The predicted molar refractivity (Wildman–Crippen MR) is 184 cm³/mol. The Labute approximate surface area is 274 Å². The molecule has 0 fully saturated rings. The van der Waals surface area contributed by atoms with Crippen LogP contribution in [0.25, 0.3) is 0 Å². The lowest BCUT2D eigenvalue weighted by Gasteiger charge is -2.20. The van der Waals surface area contributed by atoms with Crippen molar-refractivity contribution in [1.82, 2.24) is 55.3 Å². The molecule has 3 N–H and O–H groups in total. The zero-order valence-corrected chi connectivity index (χ0v) is 28.2. The van der Waals surface area contributed by atoms with E-state index in [1.165, 1.54) is 0 Å². The standard InChI is InChI=1S/C30H45N17/c1-19-25-37-26(41-40-25)20(2)32-10-16-47-17-11-35-23(5)29-38-27(42-44-29)21(3)33-8-14-46(13-7-31-19)15-9-34-22(4)28-39-30(45-43-28)24(6)36-12-18-47/h7-18H2,1-6H3,(H,37,40,41)(H,38,42,44)(H,39,43,45). The van der Waals surface area contributed by atoms with Gasteiger partial charge in [0.1, 0.15) is 0 Å². The number of aromatic amines is 3. The maximum absolute atomic E-state index is 4.80. The minimum Gasteiger partial charge on any atom is -0.298 e.